The molecule has 2 aromatic carbocycles. The van der Waals surface area contributed by atoms with Gasteiger partial charge in [-0.1, -0.05) is 12.1 Å². The van der Waals surface area contributed by atoms with Gasteiger partial charge in [-0.3, -0.25) is 9.59 Å². The van der Waals surface area contributed by atoms with Gasteiger partial charge in [0.2, 0.25) is 11.7 Å². The number of nitrogens with one attached hydrogen (secondary N) is 1. The van der Waals surface area contributed by atoms with Crippen LogP contribution in [0.1, 0.15) is 40.7 Å². The molecule has 0 saturated carbocycles. The summed E-state index contributed by atoms with van der Waals surface area (Å²) in [5.41, 5.74) is -0.134. The van der Waals surface area contributed by atoms with E-state index in [1.54, 1.807) is 13.8 Å². The highest BCUT2D eigenvalue weighted by Gasteiger charge is 2.43. The molecule has 2 atom stereocenters. The predicted molar refractivity (Wildman–Crippen MR) is 126 cm³/mol. The van der Waals surface area contributed by atoms with Gasteiger partial charge in [-0.25, -0.2) is 0 Å². The van der Waals surface area contributed by atoms with Crippen LogP contribution < -0.4 is 19.5 Å². The monoisotopic (exact) mass is 512 g/mol. The first-order valence-electron chi connectivity index (χ1n) is 10.7. The van der Waals surface area contributed by atoms with Crippen molar-refractivity contribution < 1.29 is 37.0 Å². The zero-order valence-electron chi connectivity index (χ0n) is 19.9. The number of carbonyl (C=O) groups excluding carboxylic acids is 2. The summed E-state index contributed by atoms with van der Waals surface area (Å²) in [4.78, 5) is 28.2. The van der Waals surface area contributed by atoms with E-state index in [2.05, 4.69) is 5.32 Å². The van der Waals surface area contributed by atoms with E-state index in [0.29, 0.717) is 11.3 Å². The fourth-order valence-electron chi connectivity index (χ4n) is 3.78. The maximum atomic E-state index is 13.8. The number of rotatable bonds is 7. The molecule has 0 aliphatic carbocycles. The Morgan fingerprint density at radius 2 is 1.60 bits per heavy atom. The summed E-state index contributed by atoms with van der Waals surface area (Å²) in [7, 11) is 4.27. The predicted octanol–water partition coefficient (Wildman–Crippen LogP) is 4.51. The molecule has 190 valence electrons. The standard InChI is InChI=1S/C24H27F3N2O5S/c1-13(2)28-21(30)17-12-35-23(14-6-8-16(9-7-14)24(25,26)27)29(17)22(31)15-10-18(32-3)20(34-5)19(11-15)33-4/h6-11,13,17,23H,12H2,1-5H3,(H,28,30). The molecule has 2 amide bonds. The molecule has 11 heteroatoms. The van der Waals surface area contributed by atoms with Gasteiger partial charge in [0, 0.05) is 17.4 Å². The topological polar surface area (TPSA) is 77.1 Å². The van der Waals surface area contributed by atoms with Crippen LogP contribution in [0, 0.1) is 0 Å². The van der Waals surface area contributed by atoms with Gasteiger partial charge in [0.15, 0.2) is 11.5 Å². The lowest BCUT2D eigenvalue weighted by molar-refractivity contribution is -0.137. The molecule has 0 bridgehead atoms. The fourth-order valence-corrected chi connectivity index (χ4v) is 5.21. The van der Waals surface area contributed by atoms with E-state index in [4.69, 9.17) is 14.2 Å². The van der Waals surface area contributed by atoms with E-state index in [0.717, 1.165) is 12.1 Å². The smallest absolute Gasteiger partial charge is 0.416 e. The first-order chi connectivity index (χ1) is 16.5. The molecule has 2 unspecified atom stereocenters. The highest BCUT2D eigenvalue weighted by Crippen LogP contribution is 2.45. The Labute approximate surface area is 205 Å². The van der Waals surface area contributed by atoms with Crippen LogP contribution in [-0.4, -0.2) is 55.9 Å². The Morgan fingerprint density at radius 3 is 2.06 bits per heavy atom. The molecule has 0 aromatic heterocycles. The molecule has 2 aromatic rings. The van der Waals surface area contributed by atoms with Gasteiger partial charge >= 0.3 is 6.18 Å². The SMILES string of the molecule is COc1cc(C(=O)N2C(C(=O)NC(C)C)CSC2c2ccc(C(F)(F)F)cc2)cc(OC)c1OC. The Hall–Kier alpha value is -3.08. The molecule has 1 fully saturated rings. The molecule has 1 N–H and O–H groups in total. The number of nitrogens with zero attached hydrogens (tertiary/aromatic N) is 1. The third-order valence-electron chi connectivity index (χ3n) is 5.40. The summed E-state index contributed by atoms with van der Waals surface area (Å²) in [6.07, 6.45) is -4.48. The molecule has 0 radical (unpaired) electrons. The van der Waals surface area contributed by atoms with Gasteiger partial charge in [0.1, 0.15) is 11.4 Å². The Morgan fingerprint density at radius 1 is 1.03 bits per heavy atom. The second-order valence-corrected chi connectivity index (χ2v) is 9.22. The lowest BCUT2D eigenvalue weighted by atomic mass is 10.1. The van der Waals surface area contributed by atoms with E-state index in [1.807, 2.05) is 0 Å². The maximum absolute atomic E-state index is 13.8. The van der Waals surface area contributed by atoms with Crippen LogP contribution in [0.25, 0.3) is 0 Å². The number of carbonyl (C=O) groups is 2. The van der Waals surface area contributed by atoms with Gasteiger partial charge < -0.3 is 24.4 Å². The largest absolute Gasteiger partial charge is 0.493 e. The molecule has 1 heterocycles. The van der Waals surface area contributed by atoms with Crippen molar-refractivity contribution >= 4 is 23.6 Å². The number of benzene rings is 2. The number of ether oxygens (including phenoxy) is 3. The molecule has 1 aliphatic rings. The van der Waals surface area contributed by atoms with E-state index >= 15 is 0 Å². The van der Waals surface area contributed by atoms with Crippen molar-refractivity contribution in [3.8, 4) is 17.2 Å². The van der Waals surface area contributed by atoms with E-state index < -0.39 is 29.1 Å². The number of hydrogen-bond acceptors (Lipinski definition) is 6. The second kappa shape index (κ2) is 10.7. The minimum absolute atomic E-state index is 0.157. The molecule has 35 heavy (non-hydrogen) atoms. The summed E-state index contributed by atoms with van der Waals surface area (Å²) in [5, 5.41) is 2.15. The number of halogens is 3. The van der Waals surface area contributed by atoms with Gasteiger partial charge in [0.05, 0.1) is 26.9 Å². The third-order valence-corrected chi connectivity index (χ3v) is 6.73. The number of hydrogen-bond donors (Lipinski definition) is 1. The van der Waals surface area contributed by atoms with Gasteiger partial charge in [0.25, 0.3) is 5.91 Å². The Kier molecular flexibility index (Phi) is 8.09. The van der Waals surface area contributed by atoms with E-state index in [1.165, 1.54) is 62.3 Å². The highest BCUT2D eigenvalue weighted by molar-refractivity contribution is 7.99. The van der Waals surface area contributed by atoms with Crippen molar-refractivity contribution in [2.75, 3.05) is 27.1 Å². The van der Waals surface area contributed by atoms with Crippen LogP contribution in [0.15, 0.2) is 36.4 Å². The molecule has 1 saturated heterocycles. The van der Waals surface area contributed by atoms with E-state index in [-0.39, 0.29) is 34.8 Å². The van der Waals surface area contributed by atoms with Crippen LogP contribution in [0.3, 0.4) is 0 Å². The second-order valence-electron chi connectivity index (χ2n) is 8.11. The molecular weight excluding hydrogens is 485 g/mol. The first kappa shape index (κ1) is 26.5. The summed E-state index contributed by atoms with van der Waals surface area (Å²) in [6, 6.07) is 6.58. The van der Waals surface area contributed by atoms with Crippen molar-refractivity contribution in [3.05, 3.63) is 53.1 Å². The van der Waals surface area contributed by atoms with Gasteiger partial charge in [-0.15, -0.1) is 11.8 Å². The van der Waals surface area contributed by atoms with Gasteiger partial charge in [-0.2, -0.15) is 13.2 Å². The molecule has 7 nitrogen and oxygen atoms in total. The summed E-state index contributed by atoms with van der Waals surface area (Å²) in [6.45, 7) is 3.61. The van der Waals surface area contributed by atoms with Crippen molar-refractivity contribution in [2.24, 2.45) is 0 Å². The highest BCUT2D eigenvalue weighted by atomic mass is 32.2. The Balaban J connectivity index is 2.06. The van der Waals surface area contributed by atoms with Crippen molar-refractivity contribution in [2.45, 2.75) is 37.5 Å². The Bertz CT molecular complexity index is 1050. The number of alkyl halides is 3. The minimum Gasteiger partial charge on any atom is -0.493 e. The van der Waals surface area contributed by atoms with Crippen LogP contribution in [0.5, 0.6) is 17.2 Å². The van der Waals surface area contributed by atoms with Crippen molar-refractivity contribution in [3.63, 3.8) is 0 Å². The fraction of sp³-hybridized carbons (Fsp3) is 0.417. The zero-order chi connectivity index (χ0) is 25.9. The van der Waals surface area contributed by atoms with Crippen LogP contribution in [0.2, 0.25) is 0 Å². The van der Waals surface area contributed by atoms with Crippen LogP contribution in [0.4, 0.5) is 13.2 Å². The van der Waals surface area contributed by atoms with Gasteiger partial charge in [-0.05, 0) is 43.7 Å². The summed E-state index contributed by atoms with van der Waals surface area (Å²) in [5.74, 6) is 0.259. The molecule has 0 spiro atoms. The quantitative estimate of drug-likeness (QED) is 0.588. The van der Waals surface area contributed by atoms with E-state index in [9.17, 15) is 22.8 Å². The van der Waals surface area contributed by atoms with Crippen LogP contribution in [-0.2, 0) is 11.0 Å². The van der Waals surface area contributed by atoms with Crippen molar-refractivity contribution in [1.29, 1.82) is 0 Å². The van der Waals surface area contributed by atoms with Crippen LogP contribution >= 0.6 is 11.8 Å². The summed E-state index contributed by atoms with van der Waals surface area (Å²) >= 11 is 1.31. The minimum atomic E-state index is -4.48. The number of thioether (sulfide) groups is 1. The normalized spacial score (nSPS) is 17.9. The maximum Gasteiger partial charge on any atom is 0.416 e. The molecule has 3 rings (SSSR count). The average Bonchev–Trinajstić information content (AvgIpc) is 3.27. The molecule has 1 aliphatic heterocycles. The third kappa shape index (κ3) is 5.61. The zero-order valence-corrected chi connectivity index (χ0v) is 20.8. The average molecular weight is 513 g/mol. The number of amides is 2. The lowest BCUT2D eigenvalue weighted by Gasteiger charge is -2.30. The van der Waals surface area contributed by atoms with Crippen molar-refractivity contribution in [1.82, 2.24) is 10.2 Å². The lowest BCUT2D eigenvalue weighted by Crippen LogP contribution is -2.49. The summed E-state index contributed by atoms with van der Waals surface area (Å²) < 4.78 is 55.2. The first-order valence-corrected chi connectivity index (χ1v) is 11.8. The number of methoxy groups -OCH3 is 3. The molecular formula is C24H27F3N2O5S.